The zero-order valence-electron chi connectivity index (χ0n) is 10.3. The third-order valence-electron chi connectivity index (χ3n) is 2.75. The quantitative estimate of drug-likeness (QED) is 0.553. The van der Waals surface area contributed by atoms with Gasteiger partial charge in [-0.1, -0.05) is 17.7 Å². The molecule has 112 valence electrons. The van der Waals surface area contributed by atoms with E-state index in [4.69, 9.17) is 0 Å². The van der Waals surface area contributed by atoms with Gasteiger partial charge in [-0.25, -0.2) is 8.78 Å². The Bertz CT molecular complexity index is 680. The Balaban J connectivity index is 2.86. The van der Waals surface area contributed by atoms with Crippen molar-refractivity contribution in [3.05, 3.63) is 52.9 Å². The Labute approximate surface area is 114 Å². The number of hydrogen-bond donors (Lipinski definition) is 0. The number of rotatable bonds is 1. The Kier molecular flexibility index (Phi) is 3.65. The second-order valence-corrected chi connectivity index (χ2v) is 4.24. The van der Waals surface area contributed by atoms with Gasteiger partial charge in [0.2, 0.25) is 0 Å². The summed E-state index contributed by atoms with van der Waals surface area (Å²) in [4.78, 5) is 2.30. The van der Waals surface area contributed by atoms with E-state index in [-0.39, 0.29) is 5.56 Å². The number of aromatic nitrogens is 1. The molecule has 1 nitrogen and oxygen atoms in total. The third kappa shape index (κ3) is 2.70. The van der Waals surface area contributed by atoms with Crippen LogP contribution in [0.5, 0.6) is 0 Å². The number of hydrogen-bond acceptors (Lipinski definition) is 1. The average molecular weight is 309 g/mol. The molecule has 1 heterocycles. The first-order valence-electron chi connectivity index (χ1n) is 5.51. The molecule has 0 saturated heterocycles. The SMILES string of the molecule is Cc1ccc(-c2c(F)c(F)nc(F)c2F)c(C(F)(F)F)c1. The fraction of sp³-hybridized carbons (Fsp3) is 0.154. The largest absolute Gasteiger partial charge is 0.417 e. The van der Waals surface area contributed by atoms with Crippen LogP contribution in [0.15, 0.2) is 18.2 Å². The molecule has 0 unspecified atom stereocenters. The topological polar surface area (TPSA) is 12.9 Å². The van der Waals surface area contributed by atoms with Crippen molar-refractivity contribution >= 4 is 0 Å². The minimum atomic E-state index is -4.95. The van der Waals surface area contributed by atoms with Crippen molar-refractivity contribution in [2.75, 3.05) is 0 Å². The van der Waals surface area contributed by atoms with Crippen LogP contribution >= 0.6 is 0 Å². The van der Waals surface area contributed by atoms with E-state index in [1.54, 1.807) is 0 Å². The van der Waals surface area contributed by atoms with Crippen molar-refractivity contribution in [1.82, 2.24) is 4.98 Å². The highest BCUT2D eigenvalue weighted by molar-refractivity contribution is 5.69. The predicted molar refractivity (Wildman–Crippen MR) is 59.2 cm³/mol. The molecule has 1 aromatic carbocycles. The van der Waals surface area contributed by atoms with Crippen molar-refractivity contribution in [2.24, 2.45) is 0 Å². The lowest BCUT2D eigenvalue weighted by Gasteiger charge is -2.15. The highest BCUT2D eigenvalue weighted by atomic mass is 19.4. The fourth-order valence-electron chi connectivity index (χ4n) is 1.83. The number of nitrogens with zero attached hydrogens (tertiary/aromatic N) is 1. The number of aryl methyl sites for hydroxylation is 1. The molecule has 0 spiro atoms. The van der Waals surface area contributed by atoms with Crippen molar-refractivity contribution in [3.8, 4) is 11.1 Å². The average Bonchev–Trinajstić information content (AvgIpc) is 2.37. The molecule has 2 aromatic rings. The molecule has 2 rings (SSSR count). The zero-order valence-corrected chi connectivity index (χ0v) is 10.3. The maximum atomic E-state index is 13.6. The van der Waals surface area contributed by atoms with Gasteiger partial charge in [-0.05, 0) is 13.0 Å². The standard InChI is InChI=1S/C13H6F7N/c1-5-2-3-6(7(4-5)13(18,19)20)8-9(14)11(16)21-12(17)10(8)15/h2-4H,1H3. The van der Waals surface area contributed by atoms with Crippen LogP contribution in [0.3, 0.4) is 0 Å². The number of pyridine rings is 1. The highest BCUT2D eigenvalue weighted by Gasteiger charge is 2.36. The van der Waals surface area contributed by atoms with Crippen molar-refractivity contribution in [2.45, 2.75) is 13.1 Å². The summed E-state index contributed by atoms with van der Waals surface area (Å²) in [6.07, 6.45) is -4.95. The summed E-state index contributed by atoms with van der Waals surface area (Å²) in [6.45, 7) is 1.33. The van der Waals surface area contributed by atoms with E-state index in [1.807, 2.05) is 0 Å². The molecule has 0 fully saturated rings. The summed E-state index contributed by atoms with van der Waals surface area (Å²) in [5.74, 6) is -8.00. The van der Waals surface area contributed by atoms with Crippen LogP contribution in [0.4, 0.5) is 30.7 Å². The molecule has 0 bridgehead atoms. The van der Waals surface area contributed by atoms with Gasteiger partial charge >= 0.3 is 6.18 Å². The van der Waals surface area contributed by atoms with E-state index in [2.05, 4.69) is 4.98 Å². The fourth-order valence-corrected chi connectivity index (χ4v) is 1.83. The van der Waals surface area contributed by atoms with E-state index >= 15 is 0 Å². The Morgan fingerprint density at radius 1 is 0.905 bits per heavy atom. The number of halogens is 7. The van der Waals surface area contributed by atoms with Gasteiger partial charge in [0, 0.05) is 5.56 Å². The normalized spacial score (nSPS) is 11.8. The zero-order chi connectivity index (χ0) is 15.9. The molecule has 8 heteroatoms. The van der Waals surface area contributed by atoms with Gasteiger partial charge in [-0.2, -0.15) is 26.9 Å². The third-order valence-corrected chi connectivity index (χ3v) is 2.75. The van der Waals surface area contributed by atoms with E-state index in [1.165, 1.54) is 6.92 Å². The van der Waals surface area contributed by atoms with Gasteiger partial charge in [0.05, 0.1) is 11.1 Å². The maximum Gasteiger partial charge on any atom is 0.417 e. The van der Waals surface area contributed by atoms with Crippen LogP contribution in [0.2, 0.25) is 0 Å². The second kappa shape index (κ2) is 5.01. The Hall–Kier alpha value is -2.12. The highest BCUT2D eigenvalue weighted by Crippen LogP contribution is 2.39. The lowest BCUT2D eigenvalue weighted by atomic mass is 9.97. The second-order valence-electron chi connectivity index (χ2n) is 4.24. The van der Waals surface area contributed by atoms with E-state index in [9.17, 15) is 30.7 Å². The van der Waals surface area contributed by atoms with Gasteiger partial charge in [-0.3, -0.25) is 0 Å². The molecule has 0 radical (unpaired) electrons. The number of alkyl halides is 3. The lowest BCUT2D eigenvalue weighted by molar-refractivity contribution is -0.137. The van der Waals surface area contributed by atoms with Gasteiger partial charge in [0.15, 0.2) is 11.6 Å². The first-order valence-corrected chi connectivity index (χ1v) is 5.51. The molecule has 21 heavy (non-hydrogen) atoms. The molecule has 0 aliphatic carbocycles. The molecule has 0 aliphatic heterocycles. The molecular formula is C13H6F7N. The Morgan fingerprint density at radius 2 is 1.43 bits per heavy atom. The van der Waals surface area contributed by atoms with Crippen LogP contribution < -0.4 is 0 Å². The van der Waals surface area contributed by atoms with Crippen LogP contribution in [-0.2, 0) is 6.18 Å². The van der Waals surface area contributed by atoms with Gasteiger partial charge in [-0.15, -0.1) is 0 Å². The molecule has 1 aromatic heterocycles. The van der Waals surface area contributed by atoms with Crippen LogP contribution in [0, 0.1) is 30.5 Å². The first kappa shape index (κ1) is 15.3. The molecule has 0 aliphatic rings. The summed E-state index contributed by atoms with van der Waals surface area (Å²) in [6, 6.07) is 2.52. The minimum absolute atomic E-state index is 0.168. The molecule has 0 amide bonds. The van der Waals surface area contributed by atoms with Crippen molar-refractivity contribution < 1.29 is 30.7 Å². The molecular weight excluding hydrogens is 303 g/mol. The van der Waals surface area contributed by atoms with Gasteiger partial charge < -0.3 is 0 Å². The summed E-state index contributed by atoms with van der Waals surface area (Å²) >= 11 is 0. The smallest absolute Gasteiger partial charge is 0.201 e. The van der Waals surface area contributed by atoms with Crippen LogP contribution in [0.25, 0.3) is 11.1 Å². The Morgan fingerprint density at radius 3 is 1.90 bits per heavy atom. The summed E-state index contributed by atoms with van der Waals surface area (Å²) in [5, 5.41) is 0. The van der Waals surface area contributed by atoms with Crippen LogP contribution in [-0.4, -0.2) is 4.98 Å². The monoisotopic (exact) mass is 309 g/mol. The molecule has 0 saturated carbocycles. The first-order chi connectivity index (χ1) is 9.62. The van der Waals surface area contributed by atoms with E-state index < -0.39 is 46.4 Å². The van der Waals surface area contributed by atoms with Gasteiger partial charge in [0.25, 0.3) is 11.9 Å². The van der Waals surface area contributed by atoms with Gasteiger partial charge in [0.1, 0.15) is 0 Å². The molecule has 0 atom stereocenters. The lowest BCUT2D eigenvalue weighted by Crippen LogP contribution is -2.11. The van der Waals surface area contributed by atoms with Crippen molar-refractivity contribution in [1.29, 1.82) is 0 Å². The van der Waals surface area contributed by atoms with E-state index in [0.717, 1.165) is 12.1 Å². The van der Waals surface area contributed by atoms with E-state index in [0.29, 0.717) is 6.07 Å². The predicted octanol–water partition coefficient (Wildman–Crippen LogP) is 4.63. The van der Waals surface area contributed by atoms with Crippen molar-refractivity contribution in [3.63, 3.8) is 0 Å². The van der Waals surface area contributed by atoms with Crippen LogP contribution in [0.1, 0.15) is 11.1 Å². The summed E-state index contributed by atoms with van der Waals surface area (Å²) in [5.41, 5.74) is -3.66. The maximum absolute atomic E-state index is 13.6. The minimum Gasteiger partial charge on any atom is -0.201 e. The summed E-state index contributed by atoms with van der Waals surface area (Å²) < 4.78 is 92.0. The summed E-state index contributed by atoms with van der Waals surface area (Å²) in [7, 11) is 0. The molecule has 0 N–H and O–H groups in total. The number of benzene rings is 1.